The molecule has 0 spiro atoms. The number of hydrogen-bond donors (Lipinski definition) is 1. The fraction of sp³-hybridized carbons (Fsp3) is 0.188. The largest absolute Gasteiger partial charge is 0.378 e. The summed E-state index contributed by atoms with van der Waals surface area (Å²) in [4.78, 5) is 14.1. The SMILES string of the molecule is CN(C)c1ccc(CNC(=O)c2ccc(F)cc2I)cc1. The number of carbonyl (C=O) groups excluding carboxylic acids is 1. The normalized spacial score (nSPS) is 10.3. The van der Waals surface area contributed by atoms with Gasteiger partial charge in [-0.05, 0) is 58.5 Å². The van der Waals surface area contributed by atoms with Crippen molar-refractivity contribution in [1.82, 2.24) is 5.32 Å². The van der Waals surface area contributed by atoms with E-state index in [-0.39, 0.29) is 11.7 Å². The van der Waals surface area contributed by atoms with Crippen molar-refractivity contribution in [2.24, 2.45) is 0 Å². The molecule has 1 amide bonds. The molecule has 0 aliphatic rings. The van der Waals surface area contributed by atoms with Crippen molar-refractivity contribution < 1.29 is 9.18 Å². The first-order valence-electron chi connectivity index (χ1n) is 6.47. The van der Waals surface area contributed by atoms with E-state index in [1.165, 1.54) is 18.2 Å². The lowest BCUT2D eigenvalue weighted by molar-refractivity contribution is 0.0950. The van der Waals surface area contributed by atoms with Crippen LogP contribution in [0.3, 0.4) is 0 Å². The molecule has 1 N–H and O–H groups in total. The van der Waals surface area contributed by atoms with Gasteiger partial charge in [0.1, 0.15) is 5.82 Å². The number of anilines is 1. The number of nitrogens with zero attached hydrogens (tertiary/aromatic N) is 1. The van der Waals surface area contributed by atoms with Crippen LogP contribution in [0.2, 0.25) is 0 Å². The molecule has 0 fully saturated rings. The van der Waals surface area contributed by atoms with E-state index in [0.717, 1.165) is 11.3 Å². The Balaban J connectivity index is 2.00. The van der Waals surface area contributed by atoms with Crippen LogP contribution in [0.4, 0.5) is 10.1 Å². The molecule has 0 atom stereocenters. The first-order valence-corrected chi connectivity index (χ1v) is 7.55. The molecule has 2 rings (SSSR count). The maximum atomic E-state index is 13.0. The molecule has 5 heteroatoms. The highest BCUT2D eigenvalue weighted by atomic mass is 127. The summed E-state index contributed by atoms with van der Waals surface area (Å²) >= 11 is 1.96. The molecule has 0 aromatic heterocycles. The van der Waals surface area contributed by atoms with Crippen molar-refractivity contribution in [2.45, 2.75) is 6.54 Å². The second kappa shape index (κ2) is 6.89. The summed E-state index contributed by atoms with van der Waals surface area (Å²) in [5.41, 5.74) is 2.62. The van der Waals surface area contributed by atoms with Crippen molar-refractivity contribution in [2.75, 3.05) is 19.0 Å². The molecule has 0 aliphatic carbocycles. The molecule has 110 valence electrons. The number of benzene rings is 2. The highest BCUT2D eigenvalue weighted by molar-refractivity contribution is 14.1. The van der Waals surface area contributed by atoms with Crippen molar-refractivity contribution in [3.63, 3.8) is 0 Å². The summed E-state index contributed by atoms with van der Waals surface area (Å²) in [6.45, 7) is 0.444. The van der Waals surface area contributed by atoms with Crippen LogP contribution < -0.4 is 10.2 Å². The van der Waals surface area contributed by atoms with Gasteiger partial charge in [-0.2, -0.15) is 0 Å². The summed E-state index contributed by atoms with van der Waals surface area (Å²) in [5.74, 6) is -0.536. The topological polar surface area (TPSA) is 32.3 Å². The van der Waals surface area contributed by atoms with Crippen molar-refractivity contribution in [3.8, 4) is 0 Å². The number of hydrogen-bond acceptors (Lipinski definition) is 2. The molecular formula is C16H16FIN2O. The zero-order valence-electron chi connectivity index (χ0n) is 11.9. The molecule has 0 radical (unpaired) electrons. The molecular weight excluding hydrogens is 382 g/mol. The average molecular weight is 398 g/mol. The van der Waals surface area contributed by atoms with Crippen LogP contribution in [-0.2, 0) is 6.54 Å². The van der Waals surface area contributed by atoms with Crippen LogP contribution in [0.15, 0.2) is 42.5 Å². The Labute approximate surface area is 137 Å². The van der Waals surface area contributed by atoms with E-state index in [1.54, 1.807) is 0 Å². The molecule has 3 nitrogen and oxygen atoms in total. The Morgan fingerprint density at radius 3 is 2.43 bits per heavy atom. The number of rotatable bonds is 4. The Bertz CT molecular complexity index is 641. The monoisotopic (exact) mass is 398 g/mol. The summed E-state index contributed by atoms with van der Waals surface area (Å²) in [7, 11) is 3.96. The number of halogens is 2. The summed E-state index contributed by atoms with van der Waals surface area (Å²) in [6, 6.07) is 12.1. The molecule has 0 bridgehead atoms. The van der Waals surface area contributed by atoms with E-state index >= 15 is 0 Å². The predicted octanol–water partition coefficient (Wildman–Crippen LogP) is 3.43. The fourth-order valence-electron chi connectivity index (χ4n) is 1.86. The quantitative estimate of drug-likeness (QED) is 0.801. The molecule has 0 heterocycles. The first-order chi connectivity index (χ1) is 9.97. The molecule has 2 aromatic carbocycles. The van der Waals surface area contributed by atoms with Crippen LogP contribution in [0.25, 0.3) is 0 Å². The van der Waals surface area contributed by atoms with E-state index in [1.807, 2.05) is 65.9 Å². The second-order valence-electron chi connectivity index (χ2n) is 4.87. The van der Waals surface area contributed by atoms with E-state index in [2.05, 4.69) is 5.32 Å². The van der Waals surface area contributed by atoms with Gasteiger partial charge in [0.05, 0.1) is 5.56 Å². The van der Waals surface area contributed by atoms with Crippen LogP contribution in [0.5, 0.6) is 0 Å². The Morgan fingerprint density at radius 2 is 1.86 bits per heavy atom. The minimum Gasteiger partial charge on any atom is -0.378 e. The van der Waals surface area contributed by atoms with Crippen molar-refractivity contribution in [1.29, 1.82) is 0 Å². The average Bonchev–Trinajstić information content (AvgIpc) is 2.45. The fourth-order valence-corrected chi connectivity index (χ4v) is 2.59. The lowest BCUT2D eigenvalue weighted by Crippen LogP contribution is -2.23. The van der Waals surface area contributed by atoms with Gasteiger partial charge in [-0.15, -0.1) is 0 Å². The zero-order valence-corrected chi connectivity index (χ0v) is 14.0. The minimum absolute atomic E-state index is 0.198. The van der Waals surface area contributed by atoms with Gasteiger partial charge in [0.2, 0.25) is 0 Å². The molecule has 0 saturated heterocycles. The predicted molar refractivity (Wildman–Crippen MR) is 91.1 cm³/mol. The zero-order chi connectivity index (χ0) is 15.4. The minimum atomic E-state index is -0.338. The van der Waals surface area contributed by atoms with Gasteiger partial charge >= 0.3 is 0 Å². The van der Waals surface area contributed by atoms with Crippen LogP contribution in [0, 0.1) is 9.39 Å². The smallest absolute Gasteiger partial charge is 0.252 e. The van der Waals surface area contributed by atoms with E-state index in [9.17, 15) is 9.18 Å². The van der Waals surface area contributed by atoms with E-state index in [4.69, 9.17) is 0 Å². The maximum absolute atomic E-state index is 13.0. The molecule has 0 unspecified atom stereocenters. The standard InChI is InChI=1S/C16H16FIN2O/c1-20(2)13-6-3-11(4-7-13)10-19-16(21)14-8-5-12(17)9-15(14)18/h3-9H,10H2,1-2H3,(H,19,21). The van der Waals surface area contributed by atoms with Gasteiger partial charge in [0.15, 0.2) is 0 Å². The summed E-state index contributed by atoms with van der Waals surface area (Å²) < 4.78 is 13.6. The van der Waals surface area contributed by atoms with Gasteiger partial charge in [-0.3, -0.25) is 4.79 Å². The van der Waals surface area contributed by atoms with Gasteiger partial charge in [-0.25, -0.2) is 4.39 Å². The summed E-state index contributed by atoms with van der Waals surface area (Å²) in [5, 5.41) is 2.84. The number of nitrogens with one attached hydrogen (secondary N) is 1. The maximum Gasteiger partial charge on any atom is 0.252 e. The third-order valence-corrected chi connectivity index (χ3v) is 3.97. The molecule has 21 heavy (non-hydrogen) atoms. The second-order valence-corrected chi connectivity index (χ2v) is 6.03. The summed E-state index contributed by atoms with van der Waals surface area (Å²) in [6.07, 6.45) is 0. The Morgan fingerprint density at radius 1 is 1.19 bits per heavy atom. The van der Waals surface area contributed by atoms with Crippen molar-refractivity contribution >= 4 is 34.2 Å². The number of amides is 1. The third-order valence-electron chi connectivity index (χ3n) is 3.08. The third kappa shape index (κ3) is 4.17. The molecule has 0 saturated carbocycles. The van der Waals surface area contributed by atoms with Crippen LogP contribution in [0.1, 0.15) is 15.9 Å². The number of carbonyl (C=O) groups is 1. The van der Waals surface area contributed by atoms with Gasteiger partial charge in [0, 0.05) is 29.9 Å². The Kier molecular flexibility index (Phi) is 5.17. The first kappa shape index (κ1) is 15.8. The molecule has 2 aromatic rings. The van der Waals surface area contributed by atoms with Crippen LogP contribution in [-0.4, -0.2) is 20.0 Å². The highest BCUT2D eigenvalue weighted by Gasteiger charge is 2.10. The lowest BCUT2D eigenvalue weighted by atomic mass is 10.1. The van der Waals surface area contributed by atoms with E-state index < -0.39 is 0 Å². The lowest BCUT2D eigenvalue weighted by Gasteiger charge is -2.13. The molecule has 0 aliphatic heterocycles. The van der Waals surface area contributed by atoms with Crippen molar-refractivity contribution in [3.05, 3.63) is 63.0 Å². The van der Waals surface area contributed by atoms with Gasteiger partial charge in [0.25, 0.3) is 5.91 Å². The highest BCUT2D eigenvalue weighted by Crippen LogP contribution is 2.15. The van der Waals surface area contributed by atoms with E-state index in [0.29, 0.717) is 15.7 Å². The Hall–Kier alpha value is -1.63. The van der Waals surface area contributed by atoms with Crippen LogP contribution >= 0.6 is 22.6 Å². The van der Waals surface area contributed by atoms with Gasteiger partial charge < -0.3 is 10.2 Å². The van der Waals surface area contributed by atoms with Gasteiger partial charge in [-0.1, -0.05) is 12.1 Å².